The highest BCUT2D eigenvalue weighted by Gasteiger charge is 2.15. The Morgan fingerprint density at radius 1 is 0.970 bits per heavy atom. The number of pyridine rings is 2. The van der Waals surface area contributed by atoms with Gasteiger partial charge in [-0.25, -0.2) is 0 Å². The molecule has 0 saturated heterocycles. The molecular weight excluding hydrogens is 408 g/mol. The summed E-state index contributed by atoms with van der Waals surface area (Å²) in [4.78, 5) is 25.5. The number of nitrogens with one attached hydrogen (secondary N) is 2. The average Bonchev–Trinajstić information content (AvgIpc) is 3.17. The number of nitrogens with zero attached hydrogens (tertiary/aromatic N) is 2. The predicted molar refractivity (Wildman–Crippen MR) is 134 cm³/mol. The van der Waals surface area contributed by atoms with Gasteiger partial charge < -0.3 is 10.3 Å². The number of amides is 1. The van der Waals surface area contributed by atoms with Crippen LogP contribution in [0.25, 0.3) is 33.2 Å². The fraction of sp³-hybridized carbons (Fsp3) is 0.179. The molecule has 0 saturated carbocycles. The van der Waals surface area contributed by atoms with Crippen molar-refractivity contribution in [3.8, 4) is 11.4 Å². The highest BCUT2D eigenvalue weighted by molar-refractivity contribution is 6.01. The van der Waals surface area contributed by atoms with Crippen LogP contribution in [0.2, 0.25) is 0 Å². The summed E-state index contributed by atoms with van der Waals surface area (Å²) < 4.78 is 0. The van der Waals surface area contributed by atoms with Crippen molar-refractivity contribution in [2.24, 2.45) is 0 Å². The molecule has 3 heterocycles. The SMILES string of the molecule is Cc1ccc2[nH]c(-c3ccccn3)c(CCCC(=O)Nc3cc(C)nc4ccccc34)c2c1. The summed E-state index contributed by atoms with van der Waals surface area (Å²) in [5, 5.41) is 5.26. The van der Waals surface area contributed by atoms with Crippen LogP contribution in [0.4, 0.5) is 5.69 Å². The maximum atomic E-state index is 12.8. The zero-order valence-electron chi connectivity index (χ0n) is 18.9. The van der Waals surface area contributed by atoms with E-state index in [4.69, 9.17) is 0 Å². The molecule has 164 valence electrons. The fourth-order valence-corrected chi connectivity index (χ4v) is 4.40. The number of benzene rings is 2. The van der Waals surface area contributed by atoms with Gasteiger partial charge in [-0.3, -0.25) is 14.8 Å². The van der Waals surface area contributed by atoms with E-state index in [2.05, 4.69) is 45.4 Å². The highest BCUT2D eigenvalue weighted by Crippen LogP contribution is 2.31. The Hall–Kier alpha value is -3.99. The van der Waals surface area contributed by atoms with Crippen molar-refractivity contribution in [2.45, 2.75) is 33.1 Å². The molecule has 2 N–H and O–H groups in total. The summed E-state index contributed by atoms with van der Waals surface area (Å²) >= 11 is 0. The summed E-state index contributed by atoms with van der Waals surface area (Å²) in [7, 11) is 0. The van der Waals surface area contributed by atoms with E-state index >= 15 is 0 Å². The summed E-state index contributed by atoms with van der Waals surface area (Å²) in [6.07, 6.45) is 3.79. The Morgan fingerprint density at radius 2 is 1.82 bits per heavy atom. The van der Waals surface area contributed by atoms with Gasteiger partial charge in [0.2, 0.25) is 5.91 Å². The van der Waals surface area contributed by atoms with Crippen LogP contribution in [-0.2, 0) is 11.2 Å². The molecule has 0 fully saturated rings. The van der Waals surface area contributed by atoms with Gasteiger partial charge in [0.1, 0.15) is 0 Å². The topological polar surface area (TPSA) is 70.7 Å². The van der Waals surface area contributed by atoms with Crippen LogP contribution in [0.3, 0.4) is 0 Å². The third-order valence-electron chi connectivity index (χ3n) is 5.93. The van der Waals surface area contributed by atoms with Crippen molar-refractivity contribution in [3.05, 3.63) is 89.7 Å². The van der Waals surface area contributed by atoms with Crippen LogP contribution in [0, 0.1) is 13.8 Å². The fourth-order valence-electron chi connectivity index (χ4n) is 4.40. The summed E-state index contributed by atoms with van der Waals surface area (Å²) in [6.45, 7) is 4.05. The van der Waals surface area contributed by atoms with Gasteiger partial charge in [-0.15, -0.1) is 0 Å². The number of aryl methyl sites for hydroxylation is 3. The largest absolute Gasteiger partial charge is 0.353 e. The predicted octanol–water partition coefficient (Wildman–Crippen LogP) is 6.36. The van der Waals surface area contributed by atoms with Gasteiger partial charge in [0.25, 0.3) is 0 Å². The number of hydrogen-bond donors (Lipinski definition) is 2. The van der Waals surface area contributed by atoms with Crippen LogP contribution in [0.15, 0.2) is 72.9 Å². The molecule has 0 bridgehead atoms. The Labute approximate surface area is 192 Å². The third-order valence-corrected chi connectivity index (χ3v) is 5.93. The number of para-hydroxylation sites is 1. The maximum Gasteiger partial charge on any atom is 0.224 e. The van der Waals surface area contributed by atoms with E-state index in [1.807, 2.05) is 61.7 Å². The number of carbonyl (C=O) groups excluding carboxylic acids is 1. The lowest BCUT2D eigenvalue weighted by Crippen LogP contribution is -2.12. The molecular formula is C28H26N4O. The third kappa shape index (κ3) is 4.35. The van der Waals surface area contributed by atoms with E-state index < -0.39 is 0 Å². The number of anilines is 1. The van der Waals surface area contributed by atoms with Gasteiger partial charge in [0, 0.05) is 34.6 Å². The first kappa shape index (κ1) is 20.9. The van der Waals surface area contributed by atoms with E-state index in [1.165, 1.54) is 16.5 Å². The number of fused-ring (bicyclic) bond motifs is 2. The van der Waals surface area contributed by atoms with Crippen LogP contribution in [0.5, 0.6) is 0 Å². The Morgan fingerprint density at radius 3 is 2.67 bits per heavy atom. The lowest BCUT2D eigenvalue weighted by atomic mass is 10.0. The van der Waals surface area contributed by atoms with E-state index in [0.29, 0.717) is 6.42 Å². The lowest BCUT2D eigenvalue weighted by molar-refractivity contribution is -0.116. The second-order valence-corrected chi connectivity index (χ2v) is 8.47. The van der Waals surface area contributed by atoms with Crippen molar-refractivity contribution in [3.63, 3.8) is 0 Å². The minimum atomic E-state index is 0.0150. The van der Waals surface area contributed by atoms with Crippen molar-refractivity contribution >= 4 is 33.4 Å². The minimum absolute atomic E-state index is 0.0150. The van der Waals surface area contributed by atoms with Gasteiger partial charge >= 0.3 is 0 Å². The molecule has 0 aliphatic heterocycles. The second kappa shape index (κ2) is 8.87. The van der Waals surface area contributed by atoms with Crippen LogP contribution >= 0.6 is 0 Å². The molecule has 33 heavy (non-hydrogen) atoms. The molecule has 5 heteroatoms. The summed E-state index contributed by atoms with van der Waals surface area (Å²) in [5.41, 5.74) is 8.08. The summed E-state index contributed by atoms with van der Waals surface area (Å²) in [5.74, 6) is 0.0150. The van der Waals surface area contributed by atoms with Gasteiger partial charge in [0.05, 0.1) is 22.6 Å². The first-order valence-corrected chi connectivity index (χ1v) is 11.3. The molecule has 5 nitrogen and oxygen atoms in total. The van der Waals surface area contributed by atoms with E-state index in [-0.39, 0.29) is 5.91 Å². The van der Waals surface area contributed by atoms with Gasteiger partial charge in [-0.1, -0.05) is 35.9 Å². The Balaban J connectivity index is 1.36. The second-order valence-electron chi connectivity index (χ2n) is 8.47. The number of hydrogen-bond acceptors (Lipinski definition) is 3. The van der Waals surface area contributed by atoms with Crippen molar-refractivity contribution < 1.29 is 4.79 Å². The molecule has 0 spiro atoms. The molecule has 0 aliphatic rings. The number of carbonyl (C=O) groups is 1. The van der Waals surface area contributed by atoms with Crippen molar-refractivity contribution in [1.82, 2.24) is 15.0 Å². The smallest absolute Gasteiger partial charge is 0.224 e. The van der Waals surface area contributed by atoms with E-state index in [9.17, 15) is 4.79 Å². The number of rotatable bonds is 6. The average molecular weight is 435 g/mol. The monoisotopic (exact) mass is 434 g/mol. The lowest BCUT2D eigenvalue weighted by Gasteiger charge is -2.10. The number of H-pyrrole nitrogens is 1. The Bertz CT molecular complexity index is 1450. The zero-order chi connectivity index (χ0) is 22.8. The molecule has 2 aromatic carbocycles. The molecule has 0 aliphatic carbocycles. The van der Waals surface area contributed by atoms with Gasteiger partial charge in [0.15, 0.2) is 0 Å². The molecule has 0 atom stereocenters. The molecule has 1 amide bonds. The van der Waals surface area contributed by atoms with Crippen LogP contribution < -0.4 is 5.32 Å². The molecule has 0 radical (unpaired) electrons. The number of aromatic nitrogens is 3. The highest BCUT2D eigenvalue weighted by atomic mass is 16.1. The molecule has 5 rings (SSSR count). The van der Waals surface area contributed by atoms with Crippen LogP contribution in [0.1, 0.15) is 29.7 Å². The molecule has 3 aromatic heterocycles. The van der Waals surface area contributed by atoms with E-state index in [1.54, 1.807) is 0 Å². The minimum Gasteiger partial charge on any atom is -0.353 e. The zero-order valence-corrected chi connectivity index (χ0v) is 18.9. The normalized spacial score (nSPS) is 11.2. The van der Waals surface area contributed by atoms with Gasteiger partial charge in [-0.2, -0.15) is 0 Å². The van der Waals surface area contributed by atoms with Crippen LogP contribution in [-0.4, -0.2) is 20.9 Å². The van der Waals surface area contributed by atoms with Crippen molar-refractivity contribution in [1.29, 1.82) is 0 Å². The summed E-state index contributed by atoms with van der Waals surface area (Å²) in [6, 6.07) is 22.2. The maximum absolute atomic E-state index is 12.8. The standard InChI is InChI=1S/C28H26N4O/c1-18-13-14-24-22(16-18)20(28(32-24)25-11-5-6-15-29-25)9-7-12-27(33)31-26-17-19(2)30-23-10-4-3-8-21(23)26/h3-6,8,10-11,13-17,32H,7,9,12H2,1-2H3,(H,30,31,33). The van der Waals surface area contributed by atoms with E-state index in [0.717, 1.165) is 52.0 Å². The number of aromatic amines is 1. The first-order valence-electron chi connectivity index (χ1n) is 11.3. The molecule has 5 aromatic rings. The quantitative estimate of drug-likeness (QED) is 0.327. The first-order chi connectivity index (χ1) is 16.1. The Kier molecular flexibility index (Phi) is 5.61. The van der Waals surface area contributed by atoms with Crippen molar-refractivity contribution in [2.75, 3.05) is 5.32 Å². The molecule has 0 unspecified atom stereocenters. The van der Waals surface area contributed by atoms with Gasteiger partial charge in [-0.05, 0) is 68.7 Å².